The first-order chi connectivity index (χ1) is 32.4. The van der Waals surface area contributed by atoms with E-state index < -0.39 is 0 Å². The normalized spacial score (nSPS) is 11.4. The van der Waals surface area contributed by atoms with Crippen molar-refractivity contribution in [1.82, 2.24) is 0 Å². The summed E-state index contributed by atoms with van der Waals surface area (Å²) in [6.07, 6.45) is 0. The monoisotopic (exact) mass is 1080 g/mol. The van der Waals surface area contributed by atoms with E-state index in [-0.39, 0.29) is 34.5 Å². The molecular weight excluding hydrogens is 991 g/mol. The molecule has 5 aromatic carbocycles. The lowest BCUT2D eigenvalue weighted by Crippen LogP contribution is -2.14. The zero-order valence-corrected chi connectivity index (χ0v) is 51.5. The van der Waals surface area contributed by atoms with Gasteiger partial charge in [-0.3, -0.25) is 0 Å². The first kappa shape index (κ1) is 68.4. The molecule has 0 saturated carbocycles. The van der Waals surface area contributed by atoms with Gasteiger partial charge in [0.25, 0.3) is 0 Å². The maximum absolute atomic E-state index is 6.03. The number of para-hydroxylation sites is 2. The van der Waals surface area contributed by atoms with Gasteiger partial charge in [0.2, 0.25) is 0 Å². The summed E-state index contributed by atoms with van der Waals surface area (Å²) < 4.78 is 15.9. The minimum Gasteiger partial charge on any atom is -0.496 e. The average Bonchev–Trinajstić information content (AvgIpc) is 3.79. The third-order valence-corrected chi connectivity index (χ3v) is 13.1. The van der Waals surface area contributed by atoms with Gasteiger partial charge in [-0.05, 0) is 139 Å². The van der Waals surface area contributed by atoms with Gasteiger partial charge in [0.05, 0.1) is 21.3 Å². The molecule has 0 amide bonds. The minimum atomic E-state index is 0. The lowest BCUT2D eigenvalue weighted by atomic mass is 9.81. The number of aryl methyl sites for hydroxylation is 2. The molecule has 0 spiro atoms. The fourth-order valence-corrected chi connectivity index (χ4v) is 10.3. The van der Waals surface area contributed by atoms with Gasteiger partial charge in [-0.15, -0.1) is 0 Å². The first-order valence-corrected chi connectivity index (χ1v) is 26.7. The molecule has 1 heterocycles. The summed E-state index contributed by atoms with van der Waals surface area (Å²) in [7, 11) is 5.04. The van der Waals surface area contributed by atoms with Crippen molar-refractivity contribution in [2.75, 3.05) is 21.3 Å². The number of rotatable bonds is 3. The Hall–Kier alpha value is -3.64. The van der Waals surface area contributed by atoms with Crippen LogP contribution in [0.1, 0.15) is 177 Å². The van der Waals surface area contributed by atoms with Crippen molar-refractivity contribution in [3.63, 3.8) is 0 Å². The van der Waals surface area contributed by atoms with E-state index in [4.69, 9.17) is 60.6 Å². The van der Waals surface area contributed by atoms with Gasteiger partial charge in [-0.2, -0.15) is 11.3 Å². The molecule has 3 nitrogen and oxygen atoms in total. The van der Waals surface area contributed by atoms with Gasteiger partial charge in [-0.25, -0.2) is 0 Å². The Morgan fingerprint density at radius 3 is 1.15 bits per heavy atom. The van der Waals surface area contributed by atoms with Crippen molar-refractivity contribution >= 4 is 57.7 Å². The average molecular weight is 1080 g/mol. The molecule has 0 aliphatic rings. The number of hydrogen-bond donors (Lipinski definition) is 0. The predicted octanol–water partition coefficient (Wildman–Crippen LogP) is 21.9. The molecule has 0 fully saturated rings. The van der Waals surface area contributed by atoms with Crippen LogP contribution in [0.15, 0.2) is 114 Å². The molecule has 1 aromatic heterocycles. The molecule has 0 N–H and O–H groups in total. The van der Waals surface area contributed by atoms with E-state index in [1.807, 2.05) is 60.7 Å². The molecule has 400 valence electrons. The number of ether oxygens (including phenoxy) is 3. The van der Waals surface area contributed by atoms with Crippen LogP contribution in [0.3, 0.4) is 0 Å². The van der Waals surface area contributed by atoms with Gasteiger partial charge in [0.1, 0.15) is 5.75 Å². The van der Waals surface area contributed by atoms with E-state index in [9.17, 15) is 0 Å². The van der Waals surface area contributed by atoms with E-state index in [0.717, 1.165) is 43.4 Å². The largest absolute Gasteiger partial charge is 0.496 e. The van der Waals surface area contributed by atoms with Crippen LogP contribution >= 0.6 is 57.7 Å². The Kier molecular flexibility index (Phi) is 28.0. The van der Waals surface area contributed by atoms with Crippen LogP contribution in [0.2, 0.25) is 20.1 Å². The molecule has 0 saturated heterocycles. The third-order valence-electron chi connectivity index (χ3n) is 11.2. The zero-order valence-electron chi connectivity index (χ0n) is 47.6. The summed E-state index contributed by atoms with van der Waals surface area (Å²) in [6, 6.07) is 34.0. The number of halogens is 4. The van der Waals surface area contributed by atoms with E-state index in [1.165, 1.54) is 33.4 Å². The summed E-state index contributed by atoms with van der Waals surface area (Å²) in [4.78, 5) is 0. The van der Waals surface area contributed by atoms with Crippen LogP contribution in [0.4, 0.5) is 0 Å². The summed E-state index contributed by atoms with van der Waals surface area (Å²) in [5, 5.41) is 7.26. The first-order valence-electron chi connectivity index (χ1n) is 24.3. The summed E-state index contributed by atoms with van der Waals surface area (Å²) in [6.45, 7) is 43.6. The highest BCUT2D eigenvalue weighted by molar-refractivity contribution is 7.08. The van der Waals surface area contributed by atoms with Gasteiger partial charge >= 0.3 is 0 Å². The SMILES string of the molecule is C.CC(C)(C)c1c(Cl)cccc1Cl.CC(C)(C)c1ccc(Cl)cc1Cl.CC(C)(C)c1ccsc1.COc1cccc(C(C)(C)C)c1OC.COc1ccccc1C(C)(C)C.Cc1cccc(C)c1C(C)(C)C. The fraction of sp³-hybridized carbons (Fsp3) is 0.469. The molecule has 0 aliphatic heterocycles. The van der Waals surface area contributed by atoms with Gasteiger partial charge < -0.3 is 14.2 Å². The predicted molar refractivity (Wildman–Crippen MR) is 325 cm³/mol. The Balaban J connectivity index is 0.000000841. The van der Waals surface area contributed by atoms with Crippen LogP contribution in [-0.2, 0) is 32.5 Å². The van der Waals surface area contributed by atoms with Crippen LogP contribution in [-0.4, -0.2) is 21.3 Å². The van der Waals surface area contributed by atoms with Gasteiger partial charge in [0, 0.05) is 25.7 Å². The van der Waals surface area contributed by atoms with Gasteiger partial charge in [-0.1, -0.05) is 239 Å². The molecule has 6 rings (SSSR count). The highest BCUT2D eigenvalue weighted by atomic mass is 35.5. The summed E-state index contributed by atoms with van der Waals surface area (Å²) >= 11 is 25.6. The second kappa shape index (κ2) is 29.5. The van der Waals surface area contributed by atoms with Gasteiger partial charge in [0.15, 0.2) is 11.5 Å². The molecule has 0 atom stereocenters. The lowest BCUT2D eigenvalue weighted by molar-refractivity contribution is 0.345. The number of benzene rings is 5. The Morgan fingerprint density at radius 2 is 0.819 bits per heavy atom. The quantitative estimate of drug-likeness (QED) is 0.177. The minimum absolute atomic E-state index is 0. The molecule has 8 heteroatoms. The number of methoxy groups -OCH3 is 3. The van der Waals surface area contributed by atoms with Crippen molar-refractivity contribution in [2.45, 2.75) is 178 Å². The molecule has 0 bridgehead atoms. The Bertz CT molecular complexity index is 2400. The maximum atomic E-state index is 6.03. The van der Waals surface area contributed by atoms with Crippen LogP contribution in [0.25, 0.3) is 0 Å². The highest BCUT2D eigenvalue weighted by Crippen LogP contribution is 2.39. The fourth-order valence-electron chi connectivity index (χ4n) is 7.74. The topological polar surface area (TPSA) is 27.7 Å². The molecule has 0 aliphatic carbocycles. The third kappa shape index (κ3) is 22.9. The van der Waals surface area contributed by atoms with E-state index in [0.29, 0.717) is 10.4 Å². The lowest BCUT2D eigenvalue weighted by Gasteiger charge is -2.23. The van der Waals surface area contributed by atoms with Crippen molar-refractivity contribution in [3.05, 3.63) is 178 Å². The Labute approximate surface area is 464 Å². The second-order valence-corrected chi connectivity index (χ2v) is 26.2. The van der Waals surface area contributed by atoms with E-state index in [1.54, 1.807) is 38.7 Å². The maximum Gasteiger partial charge on any atom is 0.164 e. The van der Waals surface area contributed by atoms with Crippen LogP contribution in [0.5, 0.6) is 17.2 Å². The van der Waals surface area contributed by atoms with Crippen LogP contribution < -0.4 is 14.2 Å². The smallest absolute Gasteiger partial charge is 0.164 e. The highest BCUT2D eigenvalue weighted by Gasteiger charge is 2.23. The number of thiophene rings is 1. The number of hydrogen-bond acceptors (Lipinski definition) is 4. The van der Waals surface area contributed by atoms with Crippen molar-refractivity contribution in [3.8, 4) is 17.2 Å². The van der Waals surface area contributed by atoms with Crippen molar-refractivity contribution in [2.24, 2.45) is 0 Å². The molecule has 0 radical (unpaired) electrons. The van der Waals surface area contributed by atoms with Crippen molar-refractivity contribution < 1.29 is 14.2 Å². The summed E-state index contributed by atoms with van der Waals surface area (Å²) in [5.74, 6) is 2.60. The standard InChI is InChI=1S/C12H18O2.C12H18.C11H16O.2C10H12Cl2.C8H12S.CH4/c1-12(2,3)9-7-6-8-10(13-4)11(9)14-5;1-9-7-6-8-10(2)11(9)12(3,4)5;1-11(2,3)9-7-5-6-8-10(9)12-4;1-10(2,3)8-5-4-7(11)6-9(8)12;1-10(2,3)9-7(11)5-4-6-8(9)12;1-8(2,3)7-4-5-9-6-7;/h6-8H,1-5H3;6-8H,1-5H3;5-8H,1-4H3;2*4-6H,1-3H3;4-6H,1-3H3;1H4. The molecule has 72 heavy (non-hydrogen) atoms. The Morgan fingerprint density at radius 1 is 0.389 bits per heavy atom. The summed E-state index contributed by atoms with van der Waals surface area (Å²) in [5.41, 5.74) is 11.2. The van der Waals surface area contributed by atoms with E-state index >= 15 is 0 Å². The van der Waals surface area contributed by atoms with Crippen LogP contribution in [0, 0.1) is 13.8 Å². The second-order valence-electron chi connectivity index (χ2n) is 23.7. The molecular formula is C64H92Cl4O3S. The molecule has 0 unspecified atom stereocenters. The van der Waals surface area contributed by atoms with Crippen molar-refractivity contribution in [1.29, 1.82) is 0 Å². The zero-order chi connectivity index (χ0) is 54.9. The van der Waals surface area contributed by atoms with E-state index in [2.05, 4.69) is 186 Å². The molecule has 6 aromatic rings.